The molecule has 1 unspecified atom stereocenters. The van der Waals surface area contributed by atoms with Crippen molar-refractivity contribution in [2.75, 3.05) is 6.54 Å². The third-order valence-electron chi connectivity index (χ3n) is 5.00. The van der Waals surface area contributed by atoms with Gasteiger partial charge >= 0.3 is 0 Å². The Labute approximate surface area is 129 Å². The minimum Gasteiger partial charge on any atom is -0.490 e. The molecule has 3 rings (SSSR count). The zero-order valence-electron chi connectivity index (χ0n) is 13.5. The largest absolute Gasteiger partial charge is 0.490 e. The first-order chi connectivity index (χ1) is 10.3. The smallest absolute Gasteiger partial charge is 0.120 e. The molecule has 0 aliphatic heterocycles. The maximum absolute atomic E-state index is 5.97. The fourth-order valence-electron chi connectivity index (χ4n) is 3.56. The van der Waals surface area contributed by atoms with Gasteiger partial charge in [0.25, 0.3) is 0 Å². The second-order valence-electron chi connectivity index (χ2n) is 6.95. The van der Waals surface area contributed by atoms with Crippen molar-refractivity contribution in [1.29, 1.82) is 0 Å². The summed E-state index contributed by atoms with van der Waals surface area (Å²) in [6.07, 6.45) is 8.39. The van der Waals surface area contributed by atoms with Crippen LogP contribution in [0.2, 0.25) is 0 Å². The summed E-state index contributed by atoms with van der Waals surface area (Å²) >= 11 is 0. The molecule has 2 heteroatoms. The lowest BCUT2D eigenvalue weighted by atomic mass is 9.77. The lowest BCUT2D eigenvalue weighted by molar-refractivity contribution is 0.232. The molecule has 1 N–H and O–H groups in total. The molecule has 21 heavy (non-hydrogen) atoms. The number of ether oxygens (including phenoxy) is 1. The third-order valence-corrected chi connectivity index (χ3v) is 5.00. The van der Waals surface area contributed by atoms with Crippen LogP contribution in [0.5, 0.6) is 5.75 Å². The van der Waals surface area contributed by atoms with Crippen LogP contribution in [0.15, 0.2) is 24.3 Å². The first kappa shape index (κ1) is 14.9. The molecule has 1 atom stereocenters. The van der Waals surface area contributed by atoms with E-state index >= 15 is 0 Å². The molecule has 2 aliphatic rings. The van der Waals surface area contributed by atoms with Crippen LogP contribution >= 0.6 is 0 Å². The van der Waals surface area contributed by atoms with Gasteiger partial charge in [0.1, 0.15) is 5.75 Å². The van der Waals surface area contributed by atoms with Crippen LogP contribution in [-0.2, 0) is 0 Å². The fourth-order valence-corrected chi connectivity index (χ4v) is 3.56. The maximum Gasteiger partial charge on any atom is 0.120 e. The van der Waals surface area contributed by atoms with Gasteiger partial charge < -0.3 is 10.1 Å². The average Bonchev–Trinajstić information content (AvgIpc) is 3.30. The van der Waals surface area contributed by atoms with Crippen LogP contribution < -0.4 is 10.1 Å². The minimum atomic E-state index is 0.480. The molecule has 2 fully saturated rings. The van der Waals surface area contributed by atoms with Crippen molar-refractivity contribution < 1.29 is 4.74 Å². The Morgan fingerprint density at radius 2 is 1.90 bits per heavy atom. The van der Waals surface area contributed by atoms with Crippen molar-refractivity contribution in [2.24, 2.45) is 11.8 Å². The quantitative estimate of drug-likeness (QED) is 0.818. The Bertz CT molecular complexity index is 447. The van der Waals surface area contributed by atoms with Crippen molar-refractivity contribution >= 4 is 0 Å². The summed E-state index contributed by atoms with van der Waals surface area (Å²) in [6, 6.07) is 9.29. The first-order valence-electron chi connectivity index (χ1n) is 8.76. The molecule has 0 heterocycles. The van der Waals surface area contributed by atoms with E-state index in [-0.39, 0.29) is 0 Å². The summed E-state index contributed by atoms with van der Waals surface area (Å²) in [5.41, 5.74) is 1.41. The molecule has 0 saturated heterocycles. The molecule has 0 amide bonds. The maximum atomic E-state index is 5.97. The van der Waals surface area contributed by atoms with E-state index in [0.29, 0.717) is 12.1 Å². The standard InChI is InChI=1S/C19H29NO/c1-3-20-19(15-9-7-14(2)8-10-15)16-5-4-6-18(13-16)21-17-11-12-17/h4-6,13-15,17,19-20H,3,7-12H2,1-2H3. The van der Waals surface area contributed by atoms with Crippen molar-refractivity contribution in [3.8, 4) is 5.75 Å². The van der Waals surface area contributed by atoms with Crippen LogP contribution in [-0.4, -0.2) is 12.6 Å². The molecule has 0 aromatic heterocycles. The zero-order valence-corrected chi connectivity index (χ0v) is 13.5. The highest BCUT2D eigenvalue weighted by Gasteiger charge is 2.28. The van der Waals surface area contributed by atoms with Gasteiger partial charge in [-0.3, -0.25) is 0 Å². The van der Waals surface area contributed by atoms with E-state index in [1.165, 1.54) is 44.1 Å². The second kappa shape index (κ2) is 6.83. The molecule has 1 aromatic carbocycles. The SMILES string of the molecule is CCNC(c1cccc(OC2CC2)c1)C1CCC(C)CC1. The number of hydrogen-bond donors (Lipinski definition) is 1. The summed E-state index contributed by atoms with van der Waals surface area (Å²) in [5.74, 6) is 2.74. The Morgan fingerprint density at radius 1 is 1.14 bits per heavy atom. The van der Waals surface area contributed by atoms with Crippen LogP contribution in [0.3, 0.4) is 0 Å². The van der Waals surface area contributed by atoms with E-state index in [4.69, 9.17) is 4.74 Å². The van der Waals surface area contributed by atoms with Gasteiger partial charge in [-0.25, -0.2) is 0 Å². The molecular weight excluding hydrogens is 258 g/mol. The van der Waals surface area contributed by atoms with E-state index in [2.05, 4.69) is 43.4 Å². The predicted molar refractivity (Wildman–Crippen MR) is 87.6 cm³/mol. The Kier molecular flexibility index (Phi) is 4.84. The molecule has 0 bridgehead atoms. The lowest BCUT2D eigenvalue weighted by Crippen LogP contribution is -2.30. The normalized spacial score (nSPS) is 27.3. The highest BCUT2D eigenvalue weighted by Crippen LogP contribution is 2.38. The predicted octanol–water partition coefficient (Wildman–Crippen LogP) is 4.70. The molecule has 116 valence electrons. The van der Waals surface area contributed by atoms with Crippen LogP contribution in [0, 0.1) is 11.8 Å². The van der Waals surface area contributed by atoms with E-state index in [1.54, 1.807) is 0 Å². The fraction of sp³-hybridized carbons (Fsp3) is 0.684. The van der Waals surface area contributed by atoms with Gasteiger partial charge in [-0.1, -0.05) is 38.8 Å². The first-order valence-corrected chi connectivity index (χ1v) is 8.76. The van der Waals surface area contributed by atoms with Gasteiger partial charge in [-0.05, 0) is 61.8 Å². The zero-order chi connectivity index (χ0) is 14.7. The number of nitrogens with one attached hydrogen (secondary N) is 1. The number of rotatable bonds is 6. The van der Waals surface area contributed by atoms with E-state index in [9.17, 15) is 0 Å². The highest BCUT2D eigenvalue weighted by molar-refractivity contribution is 5.31. The molecule has 2 aliphatic carbocycles. The summed E-state index contributed by atoms with van der Waals surface area (Å²) in [5, 5.41) is 3.72. The van der Waals surface area contributed by atoms with E-state index in [0.717, 1.165) is 24.1 Å². The van der Waals surface area contributed by atoms with Gasteiger partial charge in [0.2, 0.25) is 0 Å². The summed E-state index contributed by atoms with van der Waals surface area (Å²) in [6.45, 7) is 5.63. The second-order valence-corrected chi connectivity index (χ2v) is 6.95. The number of hydrogen-bond acceptors (Lipinski definition) is 2. The Morgan fingerprint density at radius 3 is 2.57 bits per heavy atom. The molecule has 2 nitrogen and oxygen atoms in total. The van der Waals surface area contributed by atoms with Crippen LogP contribution in [0.4, 0.5) is 0 Å². The third kappa shape index (κ3) is 4.00. The van der Waals surface area contributed by atoms with Crippen LogP contribution in [0.25, 0.3) is 0 Å². The monoisotopic (exact) mass is 287 g/mol. The van der Waals surface area contributed by atoms with E-state index < -0.39 is 0 Å². The summed E-state index contributed by atoms with van der Waals surface area (Å²) in [4.78, 5) is 0. The molecule has 0 radical (unpaired) electrons. The van der Waals surface area contributed by atoms with Gasteiger partial charge in [0.15, 0.2) is 0 Å². The Balaban J connectivity index is 1.72. The average molecular weight is 287 g/mol. The molecule has 2 saturated carbocycles. The van der Waals surface area contributed by atoms with Gasteiger partial charge in [-0.15, -0.1) is 0 Å². The van der Waals surface area contributed by atoms with Crippen LogP contribution in [0.1, 0.15) is 64.0 Å². The topological polar surface area (TPSA) is 21.3 Å². The van der Waals surface area contributed by atoms with Gasteiger partial charge in [-0.2, -0.15) is 0 Å². The lowest BCUT2D eigenvalue weighted by Gasteiger charge is -2.33. The van der Waals surface area contributed by atoms with Gasteiger partial charge in [0, 0.05) is 6.04 Å². The molecule has 1 aromatic rings. The summed E-state index contributed by atoms with van der Waals surface area (Å²) < 4.78 is 5.97. The Hall–Kier alpha value is -1.02. The van der Waals surface area contributed by atoms with Crippen molar-refractivity contribution in [3.05, 3.63) is 29.8 Å². The highest BCUT2D eigenvalue weighted by atomic mass is 16.5. The van der Waals surface area contributed by atoms with Gasteiger partial charge in [0.05, 0.1) is 6.10 Å². The van der Waals surface area contributed by atoms with E-state index in [1.807, 2.05) is 0 Å². The number of benzene rings is 1. The molecular formula is C19H29NO. The molecule has 0 spiro atoms. The van der Waals surface area contributed by atoms with Crippen molar-refractivity contribution in [3.63, 3.8) is 0 Å². The van der Waals surface area contributed by atoms with Crippen molar-refractivity contribution in [2.45, 2.75) is 64.5 Å². The summed E-state index contributed by atoms with van der Waals surface area (Å²) in [7, 11) is 0. The minimum absolute atomic E-state index is 0.480. The van der Waals surface area contributed by atoms with Crippen molar-refractivity contribution in [1.82, 2.24) is 5.32 Å².